The van der Waals surface area contributed by atoms with Crippen molar-refractivity contribution in [3.63, 3.8) is 0 Å². The lowest BCUT2D eigenvalue weighted by Gasteiger charge is -2.34. The fraction of sp³-hybridized carbons (Fsp3) is 0.889. The summed E-state index contributed by atoms with van der Waals surface area (Å²) in [7, 11) is 0. The molecule has 2 atom stereocenters. The molecule has 0 spiro atoms. The first-order valence-electron chi connectivity index (χ1n) is 4.68. The lowest BCUT2D eigenvalue weighted by molar-refractivity contribution is -0.0592. The molecule has 0 radical (unpaired) electrons. The van der Waals surface area contributed by atoms with Crippen LogP contribution in [0.5, 0.6) is 0 Å². The van der Waals surface area contributed by atoms with Crippen LogP contribution in [0, 0.1) is 11.3 Å². The molecule has 74 valence electrons. The second-order valence-corrected chi connectivity index (χ2v) is 3.22. The second kappa shape index (κ2) is 5.18. The van der Waals surface area contributed by atoms with Crippen LogP contribution < -0.4 is 0 Å². The molecule has 0 aromatic heterocycles. The van der Waals surface area contributed by atoms with Crippen molar-refractivity contribution < 1.29 is 9.84 Å². The van der Waals surface area contributed by atoms with Gasteiger partial charge in [-0.05, 0) is 6.42 Å². The van der Waals surface area contributed by atoms with Crippen LogP contribution in [0.1, 0.15) is 13.3 Å². The predicted octanol–water partition coefficient (Wildman–Crippen LogP) is -0.0183. The quantitative estimate of drug-likeness (QED) is 0.670. The highest BCUT2D eigenvalue weighted by Gasteiger charge is 2.24. The zero-order valence-electron chi connectivity index (χ0n) is 7.94. The molecule has 4 heteroatoms. The molecule has 0 aromatic rings. The molecule has 0 bridgehead atoms. The summed E-state index contributed by atoms with van der Waals surface area (Å²) in [6.45, 7) is 4.12. The van der Waals surface area contributed by atoms with Crippen LogP contribution in [0.15, 0.2) is 0 Å². The Hall–Kier alpha value is -0.630. The van der Waals surface area contributed by atoms with Crippen molar-refractivity contribution in [2.45, 2.75) is 25.5 Å². The zero-order valence-corrected chi connectivity index (χ0v) is 7.94. The molecule has 4 nitrogen and oxygen atoms in total. The molecule has 0 aliphatic carbocycles. The van der Waals surface area contributed by atoms with Gasteiger partial charge in [-0.15, -0.1) is 0 Å². The van der Waals surface area contributed by atoms with E-state index in [2.05, 4.69) is 11.0 Å². The summed E-state index contributed by atoms with van der Waals surface area (Å²) < 4.78 is 5.30. The number of hydrogen-bond donors (Lipinski definition) is 1. The van der Waals surface area contributed by atoms with Crippen LogP contribution in [-0.4, -0.2) is 48.5 Å². The van der Waals surface area contributed by atoms with Gasteiger partial charge in [0.1, 0.15) is 0 Å². The molecule has 1 fully saturated rings. The Bertz CT molecular complexity index is 191. The normalized spacial score (nSPS) is 26.7. The SMILES string of the molecule is CCC(C#N)N1CCOC(CO)C1. The molecule has 1 aliphatic rings. The Morgan fingerprint density at radius 1 is 1.77 bits per heavy atom. The maximum atomic E-state index is 8.90. The van der Waals surface area contributed by atoms with Gasteiger partial charge in [0.05, 0.1) is 31.4 Å². The topological polar surface area (TPSA) is 56.5 Å². The van der Waals surface area contributed by atoms with E-state index < -0.39 is 0 Å². The Kier molecular flexibility index (Phi) is 4.16. The average molecular weight is 184 g/mol. The van der Waals surface area contributed by atoms with Gasteiger partial charge in [-0.1, -0.05) is 6.92 Å². The van der Waals surface area contributed by atoms with Gasteiger partial charge in [0.15, 0.2) is 0 Å². The van der Waals surface area contributed by atoms with Crippen molar-refractivity contribution >= 4 is 0 Å². The maximum Gasteiger partial charge on any atom is 0.0976 e. The van der Waals surface area contributed by atoms with Gasteiger partial charge in [0, 0.05) is 13.1 Å². The number of aliphatic hydroxyl groups excluding tert-OH is 1. The van der Waals surface area contributed by atoms with Crippen LogP contribution in [0.3, 0.4) is 0 Å². The van der Waals surface area contributed by atoms with Gasteiger partial charge in [0.25, 0.3) is 0 Å². The number of nitrogens with zero attached hydrogens (tertiary/aromatic N) is 2. The Labute approximate surface area is 78.7 Å². The summed E-state index contributed by atoms with van der Waals surface area (Å²) in [6, 6.07) is 2.23. The van der Waals surface area contributed by atoms with E-state index in [-0.39, 0.29) is 18.8 Å². The van der Waals surface area contributed by atoms with Crippen LogP contribution in [0.25, 0.3) is 0 Å². The molecule has 1 heterocycles. The molecule has 2 unspecified atom stereocenters. The summed E-state index contributed by atoms with van der Waals surface area (Å²) in [6.07, 6.45) is 0.713. The fourth-order valence-electron chi connectivity index (χ4n) is 1.57. The molecule has 1 rings (SSSR count). The van der Waals surface area contributed by atoms with Crippen LogP contribution in [0.4, 0.5) is 0 Å². The molecule has 13 heavy (non-hydrogen) atoms. The Morgan fingerprint density at radius 3 is 3.08 bits per heavy atom. The van der Waals surface area contributed by atoms with E-state index in [4.69, 9.17) is 15.1 Å². The van der Waals surface area contributed by atoms with Crippen molar-refractivity contribution in [3.8, 4) is 6.07 Å². The van der Waals surface area contributed by atoms with Crippen molar-refractivity contribution in [2.75, 3.05) is 26.3 Å². The summed E-state index contributed by atoms with van der Waals surface area (Å²) in [5, 5.41) is 17.7. The number of nitriles is 1. The highest BCUT2D eigenvalue weighted by atomic mass is 16.5. The largest absolute Gasteiger partial charge is 0.394 e. The summed E-state index contributed by atoms with van der Waals surface area (Å²) >= 11 is 0. The highest BCUT2D eigenvalue weighted by Crippen LogP contribution is 2.10. The number of rotatable bonds is 3. The van der Waals surface area contributed by atoms with E-state index in [1.807, 2.05) is 6.92 Å². The maximum absolute atomic E-state index is 8.90. The number of hydrogen-bond acceptors (Lipinski definition) is 4. The smallest absolute Gasteiger partial charge is 0.0976 e. The van der Waals surface area contributed by atoms with E-state index in [0.717, 1.165) is 13.0 Å². The van der Waals surface area contributed by atoms with Crippen LogP contribution in [-0.2, 0) is 4.74 Å². The van der Waals surface area contributed by atoms with Crippen LogP contribution in [0.2, 0.25) is 0 Å². The van der Waals surface area contributed by atoms with E-state index in [9.17, 15) is 0 Å². The van der Waals surface area contributed by atoms with Gasteiger partial charge >= 0.3 is 0 Å². The fourth-order valence-corrected chi connectivity index (χ4v) is 1.57. The zero-order chi connectivity index (χ0) is 9.68. The minimum Gasteiger partial charge on any atom is -0.394 e. The van der Waals surface area contributed by atoms with Crippen molar-refractivity contribution in [2.24, 2.45) is 0 Å². The van der Waals surface area contributed by atoms with Crippen LogP contribution >= 0.6 is 0 Å². The minimum absolute atomic E-state index is 0.0297. The van der Waals surface area contributed by atoms with Crippen molar-refractivity contribution in [1.29, 1.82) is 5.26 Å². The van der Waals surface area contributed by atoms with Gasteiger partial charge in [0.2, 0.25) is 0 Å². The first-order chi connectivity index (χ1) is 6.31. The predicted molar refractivity (Wildman–Crippen MR) is 48.1 cm³/mol. The molecule has 0 aromatic carbocycles. The van der Waals surface area contributed by atoms with E-state index in [0.29, 0.717) is 13.2 Å². The third kappa shape index (κ3) is 2.66. The first kappa shape index (κ1) is 10.5. The third-order valence-electron chi connectivity index (χ3n) is 2.35. The van der Waals surface area contributed by atoms with E-state index in [1.165, 1.54) is 0 Å². The molecule has 1 aliphatic heterocycles. The van der Waals surface area contributed by atoms with Crippen molar-refractivity contribution in [1.82, 2.24) is 4.90 Å². The standard InChI is InChI=1S/C9H16N2O2/c1-2-8(5-10)11-3-4-13-9(6-11)7-12/h8-9,12H,2-4,6-7H2,1H3. The molecule has 1 saturated heterocycles. The van der Waals surface area contributed by atoms with Crippen molar-refractivity contribution in [3.05, 3.63) is 0 Å². The molecule has 0 saturated carbocycles. The molecular formula is C9H16N2O2. The monoisotopic (exact) mass is 184 g/mol. The van der Waals surface area contributed by atoms with Gasteiger partial charge in [-0.25, -0.2) is 0 Å². The number of morpholine rings is 1. The molecule has 0 amide bonds. The van der Waals surface area contributed by atoms with E-state index >= 15 is 0 Å². The second-order valence-electron chi connectivity index (χ2n) is 3.22. The highest BCUT2D eigenvalue weighted by molar-refractivity contribution is 4.92. The lowest BCUT2D eigenvalue weighted by Crippen LogP contribution is -2.48. The van der Waals surface area contributed by atoms with Gasteiger partial charge in [-0.3, -0.25) is 4.90 Å². The average Bonchev–Trinajstić information content (AvgIpc) is 2.20. The third-order valence-corrected chi connectivity index (χ3v) is 2.35. The lowest BCUT2D eigenvalue weighted by atomic mass is 10.1. The summed E-state index contributed by atoms with van der Waals surface area (Å²) in [4.78, 5) is 2.07. The summed E-state index contributed by atoms with van der Waals surface area (Å²) in [5.74, 6) is 0. The van der Waals surface area contributed by atoms with E-state index in [1.54, 1.807) is 0 Å². The van der Waals surface area contributed by atoms with Gasteiger partial charge in [-0.2, -0.15) is 5.26 Å². The summed E-state index contributed by atoms with van der Waals surface area (Å²) in [5.41, 5.74) is 0. The number of ether oxygens (including phenoxy) is 1. The molecule has 1 N–H and O–H groups in total. The molecular weight excluding hydrogens is 168 g/mol. The Morgan fingerprint density at radius 2 is 2.54 bits per heavy atom. The van der Waals surface area contributed by atoms with Gasteiger partial charge < -0.3 is 9.84 Å². The minimum atomic E-state index is -0.115. The Balaban J connectivity index is 2.46. The first-order valence-corrected chi connectivity index (χ1v) is 4.68. The number of aliphatic hydroxyl groups is 1.